The van der Waals surface area contributed by atoms with Crippen LogP contribution in [0, 0.1) is 0 Å². The molecule has 0 spiro atoms. The first kappa shape index (κ1) is 15.9. The monoisotopic (exact) mass is 150 g/mol. The van der Waals surface area contributed by atoms with Crippen LogP contribution in [0.4, 0.5) is 0 Å². The van der Waals surface area contributed by atoms with Gasteiger partial charge in [0, 0.05) is 0 Å². The van der Waals surface area contributed by atoms with Crippen molar-refractivity contribution in [1.29, 1.82) is 0 Å². The fraction of sp³-hybridized carbons (Fsp3) is 0.667. The number of hydrogen-bond donors (Lipinski definition) is 2. The van der Waals surface area contributed by atoms with E-state index in [1.807, 2.05) is 0 Å². The molecule has 0 aliphatic heterocycles. The third-order valence-corrected chi connectivity index (χ3v) is 0.357. The number of aliphatic hydroxyl groups is 1. The maximum absolute atomic E-state index is 9.45. The van der Waals surface area contributed by atoms with E-state index in [9.17, 15) is 4.79 Å². The first-order valence-electron chi connectivity index (χ1n) is 1.55. The van der Waals surface area contributed by atoms with Gasteiger partial charge in [-0.3, -0.25) is 0 Å². The number of aliphatic hydroxyl groups excluding tert-OH is 1. The SMILES string of the molecule is CC(O)C(=O)O.Cl.[NaH]. The zero-order valence-electron chi connectivity index (χ0n) is 3.79. The van der Waals surface area contributed by atoms with E-state index in [0.717, 1.165) is 0 Å². The molecule has 2 N–H and O–H groups in total. The van der Waals surface area contributed by atoms with Gasteiger partial charge in [0.2, 0.25) is 0 Å². The number of halogens is 1. The molecule has 5 heteroatoms. The molecule has 0 saturated heterocycles. The summed E-state index contributed by atoms with van der Waals surface area (Å²) in [6.45, 7) is 1.20. The summed E-state index contributed by atoms with van der Waals surface area (Å²) in [6, 6.07) is 0. The Morgan fingerprint density at radius 2 is 1.75 bits per heavy atom. The Bertz CT molecular complexity index is 65.5. The summed E-state index contributed by atoms with van der Waals surface area (Å²) in [5.41, 5.74) is 0. The van der Waals surface area contributed by atoms with Crippen LogP contribution in [0.15, 0.2) is 0 Å². The van der Waals surface area contributed by atoms with Gasteiger partial charge < -0.3 is 10.2 Å². The van der Waals surface area contributed by atoms with E-state index in [2.05, 4.69) is 0 Å². The van der Waals surface area contributed by atoms with E-state index in [1.165, 1.54) is 6.92 Å². The number of carboxylic acids is 1. The van der Waals surface area contributed by atoms with Gasteiger partial charge in [0.15, 0.2) is 0 Å². The second-order valence-electron chi connectivity index (χ2n) is 1.01. The molecule has 1 unspecified atom stereocenters. The van der Waals surface area contributed by atoms with E-state index < -0.39 is 12.1 Å². The number of carboxylic acid groups (broad SMARTS) is 1. The average molecular weight is 151 g/mol. The molecule has 0 saturated carbocycles. The molecule has 0 aromatic heterocycles. The van der Waals surface area contributed by atoms with Gasteiger partial charge in [0.05, 0.1) is 0 Å². The summed E-state index contributed by atoms with van der Waals surface area (Å²) in [6.07, 6.45) is -1.23. The van der Waals surface area contributed by atoms with Crippen LogP contribution >= 0.6 is 12.4 Å². The third-order valence-electron chi connectivity index (χ3n) is 0.357. The summed E-state index contributed by atoms with van der Waals surface area (Å²) in [4.78, 5) is 9.45. The van der Waals surface area contributed by atoms with Crippen LogP contribution in [0.2, 0.25) is 0 Å². The van der Waals surface area contributed by atoms with Gasteiger partial charge in [0.1, 0.15) is 6.10 Å². The molecule has 0 aromatic rings. The molecular formula is C3H8ClNaO3. The molecule has 0 rings (SSSR count). The van der Waals surface area contributed by atoms with Crippen LogP contribution in [0.3, 0.4) is 0 Å². The number of rotatable bonds is 1. The van der Waals surface area contributed by atoms with Gasteiger partial charge in [-0.05, 0) is 6.92 Å². The Hall–Kier alpha value is 0.720. The molecule has 0 fully saturated rings. The fourth-order valence-electron chi connectivity index (χ4n) is 0. The molecule has 0 bridgehead atoms. The predicted molar refractivity (Wildman–Crippen MR) is 33.7 cm³/mol. The molecule has 8 heavy (non-hydrogen) atoms. The first-order valence-corrected chi connectivity index (χ1v) is 1.55. The standard InChI is InChI=1S/C3H6O3.ClH.Na.H/c1-2(4)3(5)6;;;/h2,4H,1H3,(H,5,6);1H;;. The van der Waals surface area contributed by atoms with Crippen molar-refractivity contribution in [3.8, 4) is 0 Å². The van der Waals surface area contributed by atoms with E-state index in [4.69, 9.17) is 10.2 Å². The second-order valence-corrected chi connectivity index (χ2v) is 1.01. The third kappa shape index (κ3) is 9.87. The zero-order chi connectivity index (χ0) is 5.15. The van der Waals surface area contributed by atoms with Crippen molar-refractivity contribution in [2.75, 3.05) is 0 Å². The van der Waals surface area contributed by atoms with Crippen LogP contribution in [-0.4, -0.2) is 51.8 Å². The number of aliphatic carboxylic acids is 1. The molecule has 1 atom stereocenters. The molecule has 46 valence electrons. The Balaban J connectivity index is -0.000000125. The van der Waals surface area contributed by atoms with Crippen molar-refractivity contribution in [2.45, 2.75) is 13.0 Å². The van der Waals surface area contributed by atoms with Crippen LogP contribution in [0.1, 0.15) is 6.92 Å². The van der Waals surface area contributed by atoms with E-state index in [1.54, 1.807) is 0 Å². The molecule has 0 aromatic carbocycles. The van der Waals surface area contributed by atoms with Crippen LogP contribution in [0.5, 0.6) is 0 Å². The van der Waals surface area contributed by atoms with Crippen molar-refractivity contribution in [3.05, 3.63) is 0 Å². The van der Waals surface area contributed by atoms with E-state index in [0.29, 0.717) is 0 Å². The van der Waals surface area contributed by atoms with Gasteiger partial charge in [-0.25, -0.2) is 4.79 Å². The molecule has 0 heterocycles. The molecule has 3 nitrogen and oxygen atoms in total. The van der Waals surface area contributed by atoms with Gasteiger partial charge in [0.25, 0.3) is 0 Å². The van der Waals surface area contributed by atoms with Crippen molar-refractivity contribution in [1.82, 2.24) is 0 Å². The van der Waals surface area contributed by atoms with E-state index in [-0.39, 0.29) is 42.0 Å². The Kier molecular flexibility index (Phi) is 15.3. The second kappa shape index (κ2) is 7.72. The zero-order valence-corrected chi connectivity index (χ0v) is 4.60. The normalized spacial score (nSPS) is 10.2. The molecule has 0 radical (unpaired) electrons. The fourth-order valence-corrected chi connectivity index (χ4v) is 0. The Morgan fingerprint density at radius 3 is 1.75 bits per heavy atom. The van der Waals surface area contributed by atoms with Crippen molar-refractivity contribution < 1.29 is 15.0 Å². The number of hydrogen-bond acceptors (Lipinski definition) is 2. The van der Waals surface area contributed by atoms with Gasteiger partial charge in [-0.2, -0.15) is 0 Å². The summed E-state index contributed by atoms with van der Waals surface area (Å²) in [5.74, 6) is -1.19. The van der Waals surface area contributed by atoms with Crippen molar-refractivity contribution >= 4 is 47.9 Å². The predicted octanol–water partition coefficient (Wildman–Crippen LogP) is -0.775. The molecular weight excluding hydrogens is 142 g/mol. The molecule has 0 amide bonds. The average Bonchev–Trinajstić information content (AvgIpc) is 1.36. The maximum atomic E-state index is 9.45. The quantitative estimate of drug-likeness (QED) is 0.483. The summed E-state index contributed by atoms with van der Waals surface area (Å²) in [7, 11) is 0. The number of carbonyl (C=O) groups is 1. The summed E-state index contributed by atoms with van der Waals surface area (Å²) < 4.78 is 0. The molecule has 0 aliphatic rings. The van der Waals surface area contributed by atoms with E-state index >= 15 is 0 Å². The van der Waals surface area contributed by atoms with Crippen molar-refractivity contribution in [2.24, 2.45) is 0 Å². The van der Waals surface area contributed by atoms with Crippen LogP contribution in [-0.2, 0) is 4.79 Å². The van der Waals surface area contributed by atoms with Crippen LogP contribution < -0.4 is 0 Å². The Morgan fingerprint density at radius 1 is 1.62 bits per heavy atom. The Labute approximate surface area is 75.8 Å². The first-order chi connectivity index (χ1) is 2.64. The van der Waals surface area contributed by atoms with Gasteiger partial charge in [-0.1, -0.05) is 0 Å². The minimum atomic E-state index is -1.23. The van der Waals surface area contributed by atoms with Gasteiger partial charge in [-0.15, -0.1) is 12.4 Å². The topological polar surface area (TPSA) is 57.5 Å². The minimum absolute atomic E-state index is 0. The van der Waals surface area contributed by atoms with Crippen molar-refractivity contribution in [3.63, 3.8) is 0 Å². The summed E-state index contributed by atoms with van der Waals surface area (Å²) in [5, 5.41) is 15.8. The molecule has 0 aliphatic carbocycles. The van der Waals surface area contributed by atoms with Crippen LogP contribution in [0.25, 0.3) is 0 Å². The van der Waals surface area contributed by atoms with Gasteiger partial charge >= 0.3 is 35.5 Å². The summed E-state index contributed by atoms with van der Waals surface area (Å²) >= 11 is 0.